The molecule has 0 saturated heterocycles. The summed E-state index contributed by atoms with van der Waals surface area (Å²) < 4.78 is 2.40. The highest BCUT2D eigenvalue weighted by molar-refractivity contribution is 6.29. The van der Waals surface area contributed by atoms with Crippen LogP contribution < -0.4 is 5.73 Å². The molecule has 47 heavy (non-hydrogen) atoms. The standard InChI is InChI=1S/C43H30N4/c44-42(29-13-4-1-5-14-29)46-43(30-15-6-2-7-16-30)45-27-28-23-24-38-37(25-28)41-35-22-12-21-34-32-19-10-11-20-33(32)36(40(34)35)26-39(41)47(38)31-17-8-3-9-18-31/h1-26H,27H2,(H2,44,45,46). The van der Waals surface area contributed by atoms with Crippen LogP contribution in [0.15, 0.2) is 168 Å². The molecule has 0 fully saturated rings. The molecule has 8 aromatic rings. The summed E-state index contributed by atoms with van der Waals surface area (Å²) in [5.74, 6) is 1.06. The summed E-state index contributed by atoms with van der Waals surface area (Å²) in [6.07, 6.45) is 0. The van der Waals surface area contributed by atoms with Crippen LogP contribution in [0.4, 0.5) is 0 Å². The average Bonchev–Trinajstić information content (AvgIpc) is 3.64. The number of hydrogen-bond acceptors (Lipinski definition) is 1. The summed E-state index contributed by atoms with van der Waals surface area (Å²) in [5.41, 5.74) is 18.1. The largest absolute Gasteiger partial charge is 0.383 e. The second-order valence-corrected chi connectivity index (χ2v) is 12.0. The van der Waals surface area contributed by atoms with Crippen LogP contribution in [0.3, 0.4) is 0 Å². The molecule has 1 heterocycles. The SMILES string of the molecule is NC(=NC(=NCc1ccc2c(c1)c1c3cccc4c3c(cc1n2-c1ccccc1)-c1ccccc1-4)c1ccccc1)c1ccccc1. The first-order chi connectivity index (χ1) is 23.2. The van der Waals surface area contributed by atoms with Crippen LogP contribution in [0, 0.1) is 0 Å². The van der Waals surface area contributed by atoms with Crippen molar-refractivity contribution in [3.8, 4) is 27.9 Å². The Morgan fingerprint density at radius 1 is 0.511 bits per heavy atom. The van der Waals surface area contributed by atoms with E-state index in [1.165, 1.54) is 54.8 Å². The predicted octanol–water partition coefficient (Wildman–Crippen LogP) is 9.94. The normalized spacial score (nSPS) is 12.7. The minimum Gasteiger partial charge on any atom is -0.383 e. The molecule has 4 nitrogen and oxygen atoms in total. The van der Waals surface area contributed by atoms with E-state index in [0.29, 0.717) is 18.2 Å². The second kappa shape index (κ2) is 11.0. The van der Waals surface area contributed by atoms with Crippen molar-refractivity contribution in [3.05, 3.63) is 174 Å². The summed E-state index contributed by atoms with van der Waals surface area (Å²) in [7, 11) is 0. The fraction of sp³-hybridized carbons (Fsp3) is 0.0233. The summed E-state index contributed by atoms with van der Waals surface area (Å²) in [6, 6.07) is 55.2. The molecular weight excluding hydrogens is 573 g/mol. The number of rotatable bonds is 5. The molecule has 4 heteroatoms. The van der Waals surface area contributed by atoms with Gasteiger partial charge in [-0.15, -0.1) is 0 Å². The van der Waals surface area contributed by atoms with Crippen molar-refractivity contribution in [3.63, 3.8) is 0 Å². The first-order valence-electron chi connectivity index (χ1n) is 15.9. The number of para-hydroxylation sites is 1. The molecule has 0 spiro atoms. The van der Waals surface area contributed by atoms with E-state index in [2.05, 4.69) is 102 Å². The molecule has 0 amide bonds. The lowest BCUT2D eigenvalue weighted by Gasteiger charge is -2.10. The molecule has 0 radical (unpaired) electrons. The van der Waals surface area contributed by atoms with Crippen LogP contribution in [-0.2, 0) is 6.54 Å². The topological polar surface area (TPSA) is 55.7 Å². The monoisotopic (exact) mass is 602 g/mol. The second-order valence-electron chi connectivity index (χ2n) is 12.0. The smallest absolute Gasteiger partial charge is 0.157 e. The van der Waals surface area contributed by atoms with E-state index in [9.17, 15) is 0 Å². The summed E-state index contributed by atoms with van der Waals surface area (Å²) in [6.45, 7) is 0.469. The number of nitrogens with two attached hydrogens (primary N) is 1. The molecule has 0 saturated carbocycles. The Labute approximate surface area is 272 Å². The van der Waals surface area contributed by atoms with E-state index in [1.807, 2.05) is 60.7 Å². The van der Waals surface area contributed by atoms with Gasteiger partial charge >= 0.3 is 0 Å². The minimum atomic E-state index is 0.444. The van der Waals surface area contributed by atoms with E-state index >= 15 is 0 Å². The maximum atomic E-state index is 6.48. The van der Waals surface area contributed by atoms with Crippen molar-refractivity contribution >= 4 is 44.2 Å². The van der Waals surface area contributed by atoms with Crippen LogP contribution in [0.2, 0.25) is 0 Å². The van der Waals surface area contributed by atoms with Crippen LogP contribution in [0.1, 0.15) is 16.7 Å². The van der Waals surface area contributed by atoms with E-state index in [0.717, 1.165) is 22.4 Å². The highest BCUT2D eigenvalue weighted by atomic mass is 15.0. The third-order valence-corrected chi connectivity index (χ3v) is 9.21. The van der Waals surface area contributed by atoms with E-state index in [-0.39, 0.29) is 0 Å². The number of aliphatic imine (C=N–C) groups is 2. The lowest BCUT2D eigenvalue weighted by Crippen LogP contribution is -2.16. The zero-order chi connectivity index (χ0) is 31.3. The Morgan fingerprint density at radius 3 is 1.89 bits per heavy atom. The van der Waals surface area contributed by atoms with Crippen molar-refractivity contribution in [1.29, 1.82) is 0 Å². The molecule has 1 aromatic heterocycles. The Hall–Kier alpha value is -6.26. The molecule has 0 bridgehead atoms. The molecule has 7 aromatic carbocycles. The van der Waals surface area contributed by atoms with Crippen molar-refractivity contribution < 1.29 is 0 Å². The molecule has 2 N–H and O–H groups in total. The average molecular weight is 603 g/mol. The molecule has 9 rings (SSSR count). The molecule has 1 aliphatic rings. The Balaban J connectivity index is 1.25. The maximum Gasteiger partial charge on any atom is 0.157 e. The summed E-state index contributed by atoms with van der Waals surface area (Å²) in [4.78, 5) is 9.87. The molecule has 0 atom stereocenters. The summed E-state index contributed by atoms with van der Waals surface area (Å²) >= 11 is 0. The zero-order valence-electron chi connectivity index (χ0n) is 25.6. The van der Waals surface area contributed by atoms with Gasteiger partial charge in [0.05, 0.1) is 17.6 Å². The lowest BCUT2D eigenvalue weighted by atomic mass is 9.98. The molecule has 0 unspecified atom stereocenters. The Morgan fingerprint density at radius 2 is 1.15 bits per heavy atom. The van der Waals surface area contributed by atoms with Gasteiger partial charge in [0, 0.05) is 27.6 Å². The number of fused-ring (bicyclic) bond motifs is 7. The van der Waals surface area contributed by atoms with Gasteiger partial charge in [0.15, 0.2) is 5.84 Å². The third-order valence-electron chi connectivity index (χ3n) is 9.21. The van der Waals surface area contributed by atoms with Gasteiger partial charge in [-0.1, -0.05) is 127 Å². The van der Waals surface area contributed by atoms with Gasteiger partial charge in [0.25, 0.3) is 0 Å². The number of hydrogen-bond donors (Lipinski definition) is 1. The van der Waals surface area contributed by atoms with Gasteiger partial charge in [-0.25, -0.2) is 4.99 Å². The van der Waals surface area contributed by atoms with Crippen molar-refractivity contribution in [2.75, 3.05) is 0 Å². The fourth-order valence-corrected chi connectivity index (χ4v) is 7.11. The first-order valence-corrected chi connectivity index (χ1v) is 15.9. The van der Waals surface area contributed by atoms with Gasteiger partial charge in [0.1, 0.15) is 5.84 Å². The van der Waals surface area contributed by atoms with Gasteiger partial charge < -0.3 is 10.3 Å². The van der Waals surface area contributed by atoms with Crippen molar-refractivity contribution in [1.82, 2.24) is 4.57 Å². The molecular formula is C43H30N4. The number of aromatic nitrogens is 1. The Bertz CT molecular complexity index is 2530. The van der Waals surface area contributed by atoms with Crippen molar-refractivity contribution in [2.45, 2.75) is 6.54 Å². The van der Waals surface area contributed by atoms with Gasteiger partial charge in [-0.05, 0) is 68.9 Å². The highest BCUT2D eigenvalue weighted by Gasteiger charge is 2.25. The fourth-order valence-electron chi connectivity index (χ4n) is 7.11. The quantitative estimate of drug-likeness (QED) is 0.155. The predicted molar refractivity (Wildman–Crippen MR) is 197 cm³/mol. The summed E-state index contributed by atoms with van der Waals surface area (Å²) in [5, 5.41) is 5.08. The van der Waals surface area contributed by atoms with E-state index in [1.54, 1.807) is 0 Å². The number of nitrogens with zero attached hydrogens (tertiary/aromatic N) is 3. The first kappa shape index (κ1) is 27.1. The van der Waals surface area contributed by atoms with Crippen LogP contribution in [0.25, 0.3) is 60.5 Å². The molecule has 0 aliphatic heterocycles. The number of benzene rings is 7. The zero-order valence-corrected chi connectivity index (χ0v) is 25.6. The van der Waals surface area contributed by atoms with E-state index in [4.69, 9.17) is 15.7 Å². The Kier molecular flexibility index (Phi) is 6.32. The van der Waals surface area contributed by atoms with E-state index < -0.39 is 0 Å². The lowest BCUT2D eigenvalue weighted by molar-refractivity contribution is 1.06. The molecule has 222 valence electrons. The van der Waals surface area contributed by atoms with Gasteiger partial charge in [-0.2, -0.15) is 0 Å². The minimum absolute atomic E-state index is 0.444. The van der Waals surface area contributed by atoms with Crippen LogP contribution >= 0.6 is 0 Å². The van der Waals surface area contributed by atoms with Crippen LogP contribution in [-0.4, -0.2) is 16.2 Å². The van der Waals surface area contributed by atoms with Gasteiger partial charge in [-0.3, -0.25) is 4.99 Å². The third kappa shape index (κ3) is 4.45. The maximum absolute atomic E-state index is 6.48. The molecule has 1 aliphatic carbocycles. The highest BCUT2D eigenvalue weighted by Crippen LogP contribution is 2.51. The number of amidine groups is 2. The van der Waals surface area contributed by atoms with Crippen molar-refractivity contribution in [2.24, 2.45) is 15.7 Å². The van der Waals surface area contributed by atoms with Gasteiger partial charge in [0.2, 0.25) is 0 Å². The van der Waals surface area contributed by atoms with Crippen LogP contribution in [0.5, 0.6) is 0 Å².